The molecule has 22 heavy (non-hydrogen) atoms. The summed E-state index contributed by atoms with van der Waals surface area (Å²) in [6.45, 7) is 4.33. The lowest BCUT2D eigenvalue weighted by molar-refractivity contribution is 0.882. The second kappa shape index (κ2) is 6.75. The molecule has 0 amide bonds. The molecule has 0 unspecified atom stereocenters. The van der Waals surface area contributed by atoms with Crippen molar-refractivity contribution in [2.24, 2.45) is 0 Å². The second-order valence-electron chi connectivity index (χ2n) is 5.37. The highest BCUT2D eigenvalue weighted by Gasteiger charge is 2.09. The van der Waals surface area contributed by atoms with Crippen molar-refractivity contribution in [2.75, 3.05) is 5.32 Å². The average Bonchev–Trinajstić information content (AvgIpc) is 3.04. The number of aryl methyl sites for hydroxylation is 1. The molecule has 1 atom stereocenters. The normalized spacial score (nSPS) is 12.1. The number of hydrogen-bond acceptors (Lipinski definition) is 3. The van der Waals surface area contributed by atoms with Crippen molar-refractivity contribution in [3.05, 3.63) is 71.1 Å². The lowest BCUT2D eigenvalue weighted by Crippen LogP contribution is -2.05. The first-order valence-electron chi connectivity index (χ1n) is 7.62. The summed E-state index contributed by atoms with van der Waals surface area (Å²) in [5, 5.41) is 6.55. The molecular weight excluding hydrogens is 288 g/mol. The zero-order valence-electron chi connectivity index (χ0n) is 12.9. The van der Waals surface area contributed by atoms with Gasteiger partial charge in [-0.15, -0.1) is 11.3 Å². The van der Waals surface area contributed by atoms with Gasteiger partial charge in [0, 0.05) is 10.9 Å². The fourth-order valence-electron chi connectivity index (χ4n) is 2.39. The second-order valence-corrected chi connectivity index (χ2v) is 6.22. The molecule has 3 aromatic rings. The van der Waals surface area contributed by atoms with Crippen molar-refractivity contribution in [1.29, 1.82) is 0 Å². The largest absolute Gasteiger partial charge is 0.355 e. The Hall–Kier alpha value is -2.13. The van der Waals surface area contributed by atoms with E-state index in [1.165, 1.54) is 16.7 Å². The number of aromatic nitrogens is 1. The van der Waals surface area contributed by atoms with Crippen molar-refractivity contribution in [2.45, 2.75) is 26.3 Å². The molecule has 3 heteroatoms. The topological polar surface area (TPSA) is 24.9 Å². The Balaban J connectivity index is 1.73. The fraction of sp³-hybridized carbons (Fsp3) is 0.211. The molecule has 0 aliphatic heterocycles. The van der Waals surface area contributed by atoms with Crippen LogP contribution in [0.1, 0.15) is 31.0 Å². The molecule has 2 nitrogen and oxygen atoms in total. The Kier molecular flexibility index (Phi) is 4.54. The number of anilines is 1. The van der Waals surface area contributed by atoms with E-state index >= 15 is 0 Å². The van der Waals surface area contributed by atoms with Gasteiger partial charge in [-0.25, -0.2) is 4.98 Å². The molecule has 1 aromatic heterocycles. The van der Waals surface area contributed by atoms with E-state index in [0.29, 0.717) is 0 Å². The van der Waals surface area contributed by atoms with Crippen LogP contribution in [0.2, 0.25) is 0 Å². The van der Waals surface area contributed by atoms with Crippen molar-refractivity contribution < 1.29 is 0 Å². The standard InChI is InChI=1S/C19H20N2S/c1-3-15-9-11-17(12-10-15)18-13-22-19(21-18)20-14(2)16-7-5-4-6-8-16/h4-14H,3H2,1-2H3,(H,20,21)/t14-/m1/s1. The van der Waals surface area contributed by atoms with Crippen LogP contribution in [0.3, 0.4) is 0 Å². The predicted octanol–water partition coefficient (Wildman–Crippen LogP) is 5.55. The highest BCUT2D eigenvalue weighted by molar-refractivity contribution is 7.14. The maximum atomic E-state index is 4.71. The molecule has 2 aromatic carbocycles. The third kappa shape index (κ3) is 3.37. The Bertz CT molecular complexity index is 717. The van der Waals surface area contributed by atoms with Gasteiger partial charge in [-0.2, -0.15) is 0 Å². The molecule has 0 radical (unpaired) electrons. The number of nitrogens with one attached hydrogen (secondary N) is 1. The van der Waals surface area contributed by atoms with Crippen LogP contribution in [0, 0.1) is 0 Å². The van der Waals surface area contributed by atoms with Gasteiger partial charge in [0.15, 0.2) is 5.13 Å². The van der Waals surface area contributed by atoms with Crippen LogP contribution in [-0.2, 0) is 6.42 Å². The van der Waals surface area contributed by atoms with Crippen molar-refractivity contribution >= 4 is 16.5 Å². The van der Waals surface area contributed by atoms with E-state index in [4.69, 9.17) is 4.98 Å². The van der Waals surface area contributed by atoms with Gasteiger partial charge in [-0.3, -0.25) is 0 Å². The van der Waals surface area contributed by atoms with Gasteiger partial charge in [0.05, 0.1) is 11.7 Å². The van der Waals surface area contributed by atoms with E-state index in [-0.39, 0.29) is 6.04 Å². The van der Waals surface area contributed by atoms with E-state index in [2.05, 4.69) is 73.1 Å². The smallest absolute Gasteiger partial charge is 0.183 e. The van der Waals surface area contributed by atoms with Gasteiger partial charge in [0.25, 0.3) is 0 Å². The quantitative estimate of drug-likeness (QED) is 0.669. The molecule has 0 saturated carbocycles. The summed E-state index contributed by atoms with van der Waals surface area (Å²) >= 11 is 1.66. The molecule has 112 valence electrons. The Morgan fingerprint density at radius 3 is 2.45 bits per heavy atom. The molecule has 1 N–H and O–H groups in total. The predicted molar refractivity (Wildman–Crippen MR) is 95.4 cm³/mol. The van der Waals surface area contributed by atoms with Gasteiger partial charge < -0.3 is 5.32 Å². The van der Waals surface area contributed by atoms with Crippen LogP contribution in [0.25, 0.3) is 11.3 Å². The summed E-state index contributed by atoms with van der Waals surface area (Å²) in [6, 6.07) is 19.3. The van der Waals surface area contributed by atoms with Crippen LogP contribution in [0.5, 0.6) is 0 Å². The van der Waals surface area contributed by atoms with Gasteiger partial charge in [-0.05, 0) is 24.5 Å². The van der Waals surface area contributed by atoms with Crippen LogP contribution in [-0.4, -0.2) is 4.98 Å². The average molecular weight is 308 g/mol. The van der Waals surface area contributed by atoms with Crippen molar-refractivity contribution in [1.82, 2.24) is 4.98 Å². The molecule has 0 saturated heterocycles. The molecule has 0 aliphatic rings. The number of nitrogens with zero attached hydrogens (tertiary/aromatic N) is 1. The van der Waals surface area contributed by atoms with Crippen LogP contribution >= 0.6 is 11.3 Å². The molecule has 0 spiro atoms. The number of benzene rings is 2. The summed E-state index contributed by atoms with van der Waals surface area (Å²) in [7, 11) is 0. The zero-order valence-corrected chi connectivity index (χ0v) is 13.7. The van der Waals surface area contributed by atoms with Crippen molar-refractivity contribution in [3.8, 4) is 11.3 Å². The summed E-state index contributed by atoms with van der Waals surface area (Å²) in [4.78, 5) is 4.71. The van der Waals surface area contributed by atoms with Gasteiger partial charge >= 0.3 is 0 Å². The molecule has 3 rings (SSSR count). The Labute approximate surface area is 135 Å². The van der Waals surface area contributed by atoms with E-state index in [1.54, 1.807) is 11.3 Å². The highest BCUT2D eigenvalue weighted by Crippen LogP contribution is 2.27. The Morgan fingerprint density at radius 2 is 1.77 bits per heavy atom. The number of thiazole rings is 1. The Morgan fingerprint density at radius 1 is 1.05 bits per heavy atom. The van der Waals surface area contributed by atoms with Gasteiger partial charge in [0.2, 0.25) is 0 Å². The lowest BCUT2D eigenvalue weighted by atomic mass is 10.1. The number of rotatable bonds is 5. The maximum Gasteiger partial charge on any atom is 0.183 e. The lowest BCUT2D eigenvalue weighted by Gasteiger charge is -2.12. The van der Waals surface area contributed by atoms with Crippen LogP contribution in [0.15, 0.2) is 60.0 Å². The first-order chi connectivity index (χ1) is 10.8. The molecule has 0 bridgehead atoms. The molecule has 0 fully saturated rings. The van der Waals surface area contributed by atoms with E-state index in [9.17, 15) is 0 Å². The minimum absolute atomic E-state index is 0.252. The maximum absolute atomic E-state index is 4.71. The van der Waals surface area contributed by atoms with Crippen LogP contribution in [0.4, 0.5) is 5.13 Å². The zero-order chi connectivity index (χ0) is 15.4. The SMILES string of the molecule is CCc1ccc(-c2csc(N[C@H](C)c3ccccc3)n2)cc1. The molecule has 0 aliphatic carbocycles. The summed E-state index contributed by atoms with van der Waals surface area (Å²) in [6.07, 6.45) is 1.07. The summed E-state index contributed by atoms with van der Waals surface area (Å²) in [5.41, 5.74) is 4.84. The monoisotopic (exact) mass is 308 g/mol. The first kappa shape index (κ1) is 14.8. The minimum Gasteiger partial charge on any atom is -0.355 e. The van der Waals surface area contributed by atoms with Crippen LogP contribution < -0.4 is 5.32 Å². The third-order valence-electron chi connectivity index (χ3n) is 3.80. The summed E-state index contributed by atoms with van der Waals surface area (Å²) < 4.78 is 0. The summed E-state index contributed by atoms with van der Waals surface area (Å²) in [5.74, 6) is 0. The fourth-order valence-corrected chi connectivity index (χ4v) is 3.20. The first-order valence-corrected chi connectivity index (χ1v) is 8.50. The van der Waals surface area contributed by atoms with Gasteiger partial charge in [-0.1, -0.05) is 61.5 Å². The number of hydrogen-bond donors (Lipinski definition) is 1. The third-order valence-corrected chi connectivity index (χ3v) is 4.58. The molecule has 1 heterocycles. The minimum atomic E-state index is 0.252. The van der Waals surface area contributed by atoms with E-state index < -0.39 is 0 Å². The van der Waals surface area contributed by atoms with Crippen molar-refractivity contribution in [3.63, 3.8) is 0 Å². The van der Waals surface area contributed by atoms with E-state index in [1.807, 2.05) is 6.07 Å². The molecular formula is C19H20N2S. The van der Waals surface area contributed by atoms with Gasteiger partial charge in [0.1, 0.15) is 0 Å². The highest BCUT2D eigenvalue weighted by atomic mass is 32.1. The van der Waals surface area contributed by atoms with E-state index in [0.717, 1.165) is 17.2 Å².